The molecule has 6 aromatic carbocycles. The van der Waals surface area contributed by atoms with Gasteiger partial charge in [-0.2, -0.15) is 0 Å². The summed E-state index contributed by atoms with van der Waals surface area (Å²) in [5.74, 6) is 3.51. The van der Waals surface area contributed by atoms with Gasteiger partial charge in [-0.1, -0.05) is 87.4 Å². The van der Waals surface area contributed by atoms with E-state index < -0.39 is 21.7 Å². The third kappa shape index (κ3) is 14.6. The van der Waals surface area contributed by atoms with Crippen molar-refractivity contribution >= 4 is 44.2 Å². The van der Waals surface area contributed by atoms with E-state index in [2.05, 4.69) is 30.5 Å². The predicted octanol–water partition coefficient (Wildman–Crippen LogP) is 13.6. The Morgan fingerprint density at radius 2 is 0.889 bits per heavy atom. The van der Waals surface area contributed by atoms with E-state index in [1.165, 1.54) is 12.1 Å². The van der Waals surface area contributed by atoms with Crippen LogP contribution in [0.15, 0.2) is 146 Å². The number of unbranched alkanes of at least 4 members (excludes halogenated alkanes) is 2. The third-order valence-electron chi connectivity index (χ3n) is 11.5. The zero-order valence-electron chi connectivity index (χ0n) is 40.6. The van der Waals surface area contributed by atoms with E-state index >= 15 is 0 Å². The van der Waals surface area contributed by atoms with Crippen LogP contribution in [-0.4, -0.2) is 47.1 Å². The Bertz CT molecular complexity index is 2590. The average Bonchev–Trinajstić information content (AvgIpc) is 3.82. The summed E-state index contributed by atoms with van der Waals surface area (Å²) >= 11 is 1.04. The summed E-state index contributed by atoms with van der Waals surface area (Å²) in [6.07, 6.45) is 6.99. The second kappa shape index (κ2) is 25.9. The topological polar surface area (TPSA) is 148 Å². The molecule has 8 rings (SSSR count). The molecule has 2 heterocycles. The number of para-hydroxylation sites is 2. The lowest BCUT2D eigenvalue weighted by Crippen LogP contribution is -2.39. The van der Waals surface area contributed by atoms with Gasteiger partial charge in [-0.15, -0.1) is 0 Å². The molecule has 15 heteroatoms. The number of nitrogens with one attached hydrogen (secondary N) is 2. The molecule has 12 nitrogen and oxygen atoms in total. The number of amides is 2. The first-order valence-corrected chi connectivity index (χ1v) is 25.8. The van der Waals surface area contributed by atoms with Crippen molar-refractivity contribution in [3.63, 3.8) is 0 Å². The molecule has 2 unspecified atom stereocenters. The first kappa shape index (κ1) is 52.8. The van der Waals surface area contributed by atoms with E-state index in [1.54, 1.807) is 19.1 Å². The molecule has 0 saturated carbocycles. The predicted molar refractivity (Wildman–Crippen MR) is 280 cm³/mol. The zero-order chi connectivity index (χ0) is 50.8. The SMILES string of the molecule is CCCc1cc(Oc2ccccc2)ccc1OCCCCOc1cccc(C2(C)NC(=O)SC2=O)c1.CCCc1cc(Oc2ccccc2)ccc1OCCCCOc1cccc(C2(F)NC(=O)SC2=O)c1. The van der Waals surface area contributed by atoms with Crippen LogP contribution in [0.2, 0.25) is 0 Å². The van der Waals surface area contributed by atoms with Crippen molar-refractivity contribution in [2.45, 2.75) is 83.5 Å². The number of halogens is 1. The zero-order valence-corrected chi connectivity index (χ0v) is 42.3. The first-order valence-electron chi connectivity index (χ1n) is 24.2. The molecule has 0 aliphatic carbocycles. The van der Waals surface area contributed by atoms with Gasteiger partial charge in [-0.05, 0) is 147 Å². The van der Waals surface area contributed by atoms with Gasteiger partial charge in [-0.25, -0.2) is 4.39 Å². The van der Waals surface area contributed by atoms with Crippen LogP contribution in [0.4, 0.5) is 14.0 Å². The molecule has 0 spiro atoms. The number of carbonyl (C=O) groups is 4. The number of alkyl halides is 1. The van der Waals surface area contributed by atoms with Crippen molar-refractivity contribution < 1.29 is 52.0 Å². The lowest BCUT2D eigenvalue weighted by atomic mass is 9.93. The van der Waals surface area contributed by atoms with Crippen molar-refractivity contribution in [2.24, 2.45) is 0 Å². The summed E-state index contributed by atoms with van der Waals surface area (Å²) < 4.78 is 50.6. The Hall–Kier alpha value is -6.97. The standard InChI is InChI=1S/C29H31NO5S.C28H28FNO5S/c1-3-10-21-19-25(35-23-12-5-4-6-13-23)15-16-26(21)34-18-8-7-17-33-24-14-9-11-22(20-24)29(2)27(31)36-28(32)30-29;1-2-9-20-18-24(35-22-11-4-3-5-12-22)14-15-25(20)34-17-7-6-16-33-23-13-8-10-21(19-23)28(29)26(31)36-27(32)30-28/h4-6,9,11-16,19-20H,3,7-8,10,17-18H2,1-2H3,(H,30,32);3-5,8,10-15,18-19H,2,6-7,9,16-17H2,1H3,(H,30,32). The molecule has 2 aliphatic rings. The third-order valence-corrected chi connectivity index (χ3v) is 13.2. The maximum Gasteiger partial charge on any atom is 0.289 e. The molecule has 376 valence electrons. The number of ether oxygens (including phenoxy) is 6. The summed E-state index contributed by atoms with van der Waals surface area (Å²) in [4.78, 5) is 47.2. The highest BCUT2D eigenvalue weighted by Crippen LogP contribution is 2.38. The summed E-state index contributed by atoms with van der Waals surface area (Å²) in [7, 11) is 0. The van der Waals surface area contributed by atoms with Crippen LogP contribution in [0.5, 0.6) is 46.0 Å². The molecule has 2 atom stereocenters. The molecule has 0 bridgehead atoms. The first-order chi connectivity index (χ1) is 34.9. The van der Waals surface area contributed by atoms with Crippen LogP contribution >= 0.6 is 23.5 Å². The van der Waals surface area contributed by atoms with E-state index in [4.69, 9.17) is 28.4 Å². The summed E-state index contributed by atoms with van der Waals surface area (Å²) in [5, 5.41) is 2.73. The van der Waals surface area contributed by atoms with Gasteiger partial charge in [0.2, 0.25) is 5.12 Å². The molecular formula is C57H59FN2O10S2. The van der Waals surface area contributed by atoms with Crippen LogP contribution in [0.3, 0.4) is 0 Å². The van der Waals surface area contributed by atoms with E-state index in [0.29, 0.717) is 61.5 Å². The fourth-order valence-electron chi connectivity index (χ4n) is 7.77. The molecule has 2 fully saturated rings. The van der Waals surface area contributed by atoms with E-state index in [-0.39, 0.29) is 15.9 Å². The van der Waals surface area contributed by atoms with E-state index in [1.807, 2.05) is 115 Å². The van der Waals surface area contributed by atoms with Crippen LogP contribution < -0.4 is 39.1 Å². The largest absolute Gasteiger partial charge is 0.494 e. The van der Waals surface area contributed by atoms with Crippen LogP contribution in [0.1, 0.15) is 81.5 Å². The number of thioether (sulfide) groups is 2. The van der Waals surface area contributed by atoms with Crippen LogP contribution in [0.25, 0.3) is 0 Å². The Balaban J connectivity index is 0.000000211. The van der Waals surface area contributed by atoms with E-state index in [9.17, 15) is 23.6 Å². The minimum Gasteiger partial charge on any atom is -0.494 e. The van der Waals surface area contributed by atoms with E-state index in [0.717, 1.165) is 103 Å². The number of aryl methyl sites for hydroxylation is 2. The molecule has 2 amide bonds. The van der Waals surface area contributed by atoms with Crippen molar-refractivity contribution in [1.29, 1.82) is 0 Å². The van der Waals surface area contributed by atoms with Crippen molar-refractivity contribution in [3.05, 3.63) is 168 Å². The number of hydrogen-bond donors (Lipinski definition) is 2. The minimum absolute atomic E-state index is 0.0508. The highest BCUT2D eigenvalue weighted by molar-refractivity contribution is 8.27. The molecule has 0 radical (unpaired) electrons. The molecule has 2 aliphatic heterocycles. The highest BCUT2D eigenvalue weighted by Gasteiger charge is 2.49. The van der Waals surface area contributed by atoms with Gasteiger partial charge in [0.05, 0.1) is 26.4 Å². The number of benzene rings is 6. The Kier molecular flexibility index (Phi) is 19.0. The fraction of sp³-hybridized carbons (Fsp3) is 0.298. The maximum atomic E-state index is 15.0. The van der Waals surface area contributed by atoms with Gasteiger partial charge in [-0.3, -0.25) is 19.2 Å². The van der Waals surface area contributed by atoms with Crippen molar-refractivity contribution in [1.82, 2.24) is 10.6 Å². The van der Waals surface area contributed by atoms with Gasteiger partial charge in [0, 0.05) is 29.1 Å². The second-order valence-corrected chi connectivity index (χ2v) is 19.0. The van der Waals surface area contributed by atoms with Crippen molar-refractivity contribution in [3.8, 4) is 46.0 Å². The lowest BCUT2D eigenvalue weighted by molar-refractivity contribution is -0.122. The number of hydrogen-bond acceptors (Lipinski definition) is 12. The van der Waals surface area contributed by atoms with Gasteiger partial charge >= 0.3 is 0 Å². The van der Waals surface area contributed by atoms with Crippen molar-refractivity contribution in [2.75, 3.05) is 26.4 Å². The van der Waals surface area contributed by atoms with Gasteiger partial charge in [0.1, 0.15) is 51.5 Å². The van der Waals surface area contributed by atoms with Crippen LogP contribution in [-0.2, 0) is 33.8 Å². The normalized spacial score (nSPS) is 17.1. The molecule has 6 aromatic rings. The quantitative estimate of drug-likeness (QED) is 0.0439. The molecule has 2 N–H and O–H groups in total. The number of carbonyl (C=O) groups excluding carboxylic acids is 4. The minimum atomic E-state index is -2.52. The monoisotopic (exact) mass is 1010 g/mol. The highest BCUT2D eigenvalue weighted by atomic mass is 32.2. The average molecular weight is 1020 g/mol. The van der Waals surface area contributed by atoms with Gasteiger partial charge in [0.15, 0.2) is 0 Å². The maximum absolute atomic E-state index is 15.0. The summed E-state index contributed by atoms with van der Waals surface area (Å²) in [6.45, 7) is 8.06. The second-order valence-electron chi connectivity index (χ2n) is 17.1. The molecule has 2 saturated heterocycles. The molecular weight excluding hydrogens is 956 g/mol. The summed E-state index contributed by atoms with van der Waals surface area (Å²) in [6, 6.07) is 44.8. The molecule has 72 heavy (non-hydrogen) atoms. The fourth-order valence-corrected chi connectivity index (χ4v) is 9.23. The smallest absolute Gasteiger partial charge is 0.289 e. The Morgan fingerprint density at radius 3 is 1.33 bits per heavy atom. The van der Waals surface area contributed by atoms with Gasteiger partial charge < -0.3 is 39.1 Å². The molecule has 0 aromatic heterocycles. The van der Waals surface area contributed by atoms with Crippen LogP contribution in [0, 0.1) is 0 Å². The number of rotatable bonds is 24. The Morgan fingerprint density at radius 1 is 0.458 bits per heavy atom. The lowest BCUT2D eigenvalue weighted by Gasteiger charge is -2.22. The summed E-state index contributed by atoms with van der Waals surface area (Å²) in [5.41, 5.74) is 1.99. The Labute approximate surface area is 428 Å². The van der Waals surface area contributed by atoms with Gasteiger partial charge in [0.25, 0.3) is 21.4 Å².